The first-order valence-corrected chi connectivity index (χ1v) is 7.98. The second kappa shape index (κ2) is 5.90. The van der Waals surface area contributed by atoms with Gasteiger partial charge in [0.2, 0.25) is 0 Å². The van der Waals surface area contributed by atoms with E-state index in [2.05, 4.69) is 56.3 Å². The predicted molar refractivity (Wildman–Crippen MR) is 84.0 cm³/mol. The van der Waals surface area contributed by atoms with Crippen molar-refractivity contribution in [1.82, 2.24) is 9.47 Å². The molecule has 1 aliphatic rings. The number of fused-ring (bicyclic) bond motifs is 1. The van der Waals surface area contributed by atoms with Crippen LogP contribution in [0.4, 0.5) is 0 Å². The SMILES string of the molecule is CCN(CC)CC(C)n1ccc2c1CC(C)(C)CC2O. The third-order valence-electron chi connectivity index (χ3n) is 4.70. The molecule has 0 spiro atoms. The van der Waals surface area contributed by atoms with E-state index < -0.39 is 0 Å². The Bertz CT molecular complexity index is 446. The zero-order valence-electron chi connectivity index (χ0n) is 13.7. The van der Waals surface area contributed by atoms with Crippen molar-refractivity contribution in [2.75, 3.05) is 19.6 Å². The van der Waals surface area contributed by atoms with Crippen molar-refractivity contribution in [3.8, 4) is 0 Å². The largest absolute Gasteiger partial charge is 0.388 e. The number of rotatable bonds is 5. The van der Waals surface area contributed by atoms with Crippen molar-refractivity contribution in [3.05, 3.63) is 23.5 Å². The molecule has 1 aromatic rings. The Labute approximate surface area is 123 Å². The van der Waals surface area contributed by atoms with Crippen LogP contribution in [-0.2, 0) is 6.42 Å². The fourth-order valence-corrected chi connectivity index (χ4v) is 3.51. The fourth-order valence-electron chi connectivity index (χ4n) is 3.51. The third-order valence-corrected chi connectivity index (χ3v) is 4.70. The highest BCUT2D eigenvalue weighted by Gasteiger charge is 2.33. The lowest BCUT2D eigenvalue weighted by Crippen LogP contribution is -2.32. The summed E-state index contributed by atoms with van der Waals surface area (Å²) in [6.07, 6.45) is 3.81. The number of aliphatic hydroxyl groups is 1. The zero-order valence-corrected chi connectivity index (χ0v) is 13.7. The average molecular weight is 278 g/mol. The van der Waals surface area contributed by atoms with Crippen LogP contribution in [0, 0.1) is 5.41 Å². The molecular formula is C17H30N2O. The van der Waals surface area contributed by atoms with E-state index in [0.29, 0.717) is 6.04 Å². The van der Waals surface area contributed by atoms with Gasteiger partial charge in [-0.1, -0.05) is 27.7 Å². The topological polar surface area (TPSA) is 28.4 Å². The molecule has 0 aromatic carbocycles. The molecule has 0 bridgehead atoms. The first-order valence-electron chi connectivity index (χ1n) is 7.98. The number of aliphatic hydroxyl groups excluding tert-OH is 1. The van der Waals surface area contributed by atoms with E-state index in [9.17, 15) is 5.11 Å². The van der Waals surface area contributed by atoms with E-state index in [1.807, 2.05) is 0 Å². The summed E-state index contributed by atoms with van der Waals surface area (Å²) in [5.74, 6) is 0. The highest BCUT2D eigenvalue weighted by molar-refractivity contribution is 5.29. The minimum Gasteiger partial charge on any atom is -0.388 e. The first-order chi connectivity index (χ1) is 9.38. The molecule has 0 aliphatic heterocycles. The van der Waals surface area contributed by atoms with E-state index in [1.165, 1.54) is 5.69 Å². The Hall–Kier alpha value is -0.800. The molecule has 2 unspecified atom stereocenters. The van der Waals surface area contributed by atoms with Crippen molar-refractivity contribution in [1.29, 1.82) is 0 Å². The summed E-state index contributed by atoms with van der Waals surface area (Å²) in [5, 5.41) is 10.3. The molecule has 0 radical (unpaired) electrons. The molecule has 1 heterocycles. The molecule has 3 heteroatoms. The smallest absolute Gasteiger partial charge is 0.0812 e. The quantitative estimate of drug-likeness (QED) is 0.894. The fraction of sp³-hybridized carbons (Fsp3) is 0.765. The molecular weight excluding hydrogens is 248 g/mol. The third kappa shape index (κ3) is 3.09. The summed E-state index contributed by atoms with van der Waals surface area (Å²) >= 11 is 0. The maximum Gasteiger partial charge on any atom is 0.0812 e. The lowest BCUT2D eigenvalue weighted by atomic mass is 9.75. The Morgan fingerprint density at radius 2 is 2.05 bits per heavy atom. The van der Waals surface area contributed by atoms with Crippen molar-refractivity contribution < 1.29 is 5.11 Å². The molecule has 1 N–H and O–H groups in total. The molecule has 1 aliphatic carbocycles. The lowest BCUT2D eigenvalue weighted by molar-refractivity contribution is 0.0971. The number of aromatic nitrogens is 1. The highest BCUT2D eigenvalue weighted by atomic mass is 16.3. The molecule has 114 valence electrons. The van der Waals surface area contributed by atoms with E-state index in [0.717, 1.165) is 38.0 Å². The van der Waals surface area contributed by atoms with Gasteiger partial charge < -0.3 is 14.6 Å². The van der Waals surface area contributed by atoms with Crippen LogP contribution in [0.2, 0.25) is 0 Å². The van der Waals surface area contributed by atoms with Gasteiger partial charge in [-0.05, 0) is 44.3 Å². The Kier molecular flexibility index (Phi) is 4.60. The summed E-state index contributed by atoms with van der Waals surface area (Å²) in [6, 6.07) is 2.58. The molecule has 3 nitrogen and oxygen atoms in total. The standard InChI is InChI=1S/C17H30N2O/c1-6-18(7-2)12-13(3)19-9-8-14-15(19)10-17(4,5)11-16(14)20/h8-9,13,16,20H,6-7,10-12H2,1-5H3. The van der Waals surface area contributed by atoms with Gasteiger partial charge in [0.05, 0.1) is 6.10 Å². The summed E-state index contributed by atoms with van der Waals surface area (Å²) in [7, 11) is 0. The van der Waals surface area contributed by atoms with Gasteiger partial charge in [0.1, 0.15) is 0 Å². The van der Waals surface area contributed by atoms with Crippen molar-refractivity contribution in [3.63, 3.8) is 0 Å². The molecule has 2 atom stereocenters. The van der Waals surface area contributed by atoms with E-state index in [1.54, 1.807) is 0 Å². The van der Waals surface area contributed by atoms with Gasteiger partial charge >= 0.3 is 0 Å². The van der Waals surface area contributed by atoms with Gasteiger partial charge in [-0.15, -0.1) is 0 Å². The average Bonchev–Trinajstić information content (AvgIpc) is 2.78. The number of hydrogen-bond donors (Lipinski definition) is 1. The van der Waals surface area contributed by atoms with Gasteiger partial charge in [-0.2, -0.15) is 0 Å². The molecule has 2 rings (SSSR count). The van der Waals surface area contributed by atoms with Crippen LogP contribution in [0.1, 0.15) is 64.4 Å². The van der Waals surface area contributed by atoms with Crippen LogP contribution in [0.5, 0.6) is 0 Å². The predicted octanol–water partition coefficient (Wildman–Crippen LogP) is 3.40. The van der Waals surface area contributed by atoms with Gasteiger partial charge in [-0.25, -0.2) is 0 Å². The molecule has 0 fully saturated rings. The van der Waals surface area contributed by atoms with E-state index in [-0.39, 0.29) is 11.5 Å². The number of nitrogens with zero attached hydrogens (tertiary/aromatic N) is 2. The summed E-state index contributed by atoms with van der Waals surface area (Å²) in [4.78, 5) is 2.46. The van der Waals surface area contributed by atoms with Crippen LogP contribution < -0.4 is 0 Å². The molecule has 0 saturated carbocycles. The zero-order chi connectivity index (χ0) is 14.9. The Balaban J connectivity index is 2.22. The number of hydrogen-bond acceptors (Lipinski definition) is 2. The minimum absolute atomic E-state index is 0.192. The van der Waals surface area contributed by atoms with Gasteiger partial charge in [0.25, 0.3) is 0 Å². The van der Waals surface area contributed by atoms with E-state index in [4.69, 9.17) is 0 Å². The molecule has 0 saturated heterocycles. The molecule has 1 aromatic heterocycles. The van der Waals surface area contributed by atoms with Crippen LogP contribution in [0.15, 0.2) is 12.3 Å². The van der Waals surface area contributed by atoms with Crippen molar-refractivity contribution in [2.24, 2.45) is 5.41 Å². The van der Waals surface area contributed by atoms with E-state index >= 15 is 0 Å². The maximum atomic E-state index is 10.3. The minimum atomic E-state index is -0.296. The van der Waals surface area contributed by atoms with Crippen LogP contribution >= 0.6 is 0 Å². The summed E-state index contributed by atoms with van der Waals surface area (Å²) < 4.78 is 2.39. The van der Waals surface area contributed by atoms with Gasteiger partial charge in [0.15, 0.2) is 0 Å². The van der Waals surface area contributed by atoms with Gasteiger partial charge in [0, 0.05) is 30.0 Å². The lowest BCUT2D eigenvalue weighted by Gasteiger charge is -2.35. The van der Waals surface area contributed by atoms with Crippen molar-refractivity contribution >= 4 is 0 Å². The summed E-state index contributed by atoms with van der Waals surface area (Å²) in [5.41, 5.74) is 2.68. The van der Waals surface area contributed by atoms with Crippen LogP contribution in [-0.4, -0.2) is 34.2 Å². The second-order valence-corrected chi connectivity index (χ2v) is 7.02. The normalized spacial score (nSPS) is 22.9. The Morgan fingerprint density at radius 1 is 1.40 bits per heavy atom. The van der Waals surface area contributed by atoms with Crippen molar-refractivity contribution in [2.45, 2.75) is 59.6 Å². The monoisotopic (exact) mass is 278 g/mol. The van der Waals surface area contributed by atoms with Crippen LogP contribution in [0.25, 0.3) is 0 Å². The number of likely N-dealkylation sites (N-methyl/N-ethyl adjacent to an activating group) is 1. The summed E-state index contributed by atoms with van der Waals surface area (Å²) in [6.45, 7) is 14.5. The van der Waals surface area contributed by atoms with Gasteiger partial charge in [-0.3, -0.25) is 0 Å². The Morgan fingerprint density at radius 3 is 2.65 bits per heavy atom. The maximum absolute atomic E-state index is 10.3. The van der Waals surface area contributed by atoms with Crippen LogP contribution in [0.3, 0.4) is 0 Å². The molecule has 20 heavy (non-hydrogen) atoms. The molecule has 0 amide bonds. The highest BCUT2D eigenvalue weighted by Crippen LogP contribution is 2.41. The second-order valence-electron chi connectivity index (χ2n) is 7.02. The first kappa shape index (κ1) is 15.6.